The van der Waals surface area contributed by atoms with Gasteiger partial charge in [-0.05, 0) is 25.7 Å². The zero-order valence-corrected chi connectivity index (χ0v) is 10.5. The number of hydrogen-bond acceptors (Lipinski definition) is 5. The van der Waals surface area contributed by atoms with Gasteiger partial charge in [0.2, 0.25) is 0 Å². The normalized spacial score (nSPS) is 20.4. The SMILES string of the molecule is CC(=O)OC1(COS(C)(=O)=O)CCCCC1. The van der Waals surface area contributed by atoms with Gasteiger partial charge in [0.1, 0.15) is 12.2 Å². The van der Waals surface area contributed by atoms with E-state index < -0.39 is 15.7 Å². The van der Waals surface area contributed by atoms with E-state index in [4.69, 9.17) is 8.92 Å². The van der Waals surface area contributed by atoms with Crippen LogP contribution < -0.4 is 0 Å². The van der Waals surface area contributed by atoms with Crippen molar-refractivity contribution in [3.63, 3.8) is 0 Å². The number of carbonyl (C=O) groups excluding carboxylic acids is 1. The summed E-state index contributed by atoms with van der Waals surface area (Å²) < 4.78 is 31.9. The van der Waals surface area contributed by atoms with Gasteiger partial charge in [0, 0.05) is 6.92 Å². The first-order chi connectivity index (χ1) is 7.33. The molecular formula is C10H18O5S. The highest BCUT2D eigenvalue weighted by atomic mass is 32.2. The highest BCUT2D eigenvalue weighted by Crippen LogP contribution is 2.32. The molecule has 0 bridgehead atoms. The van der Waals surface area contributed by atoms with Crippen LogP contribution in [0, 0.1) is 0 Å². The van der Waals surface area contributed by atoms with Gasteiger partial charge in [-0.1, -0.05) is 6.42 Å². The van der Waals surface area contributed by atoms with Crippen LogP contribution in [0.3, 0.4) is 0 Å². The maximum Gasteiger partial charge on any atom is 0.303 e. The van der Waals surface area contributed by atoms with E-state index >= 15 is 0 Å². The lowest BCUT2D eigenvalue weighted by Gasteiger charge is -2.35. The van der Waals surface area contributed by atoms with Crippen LogP contribution in [0.2, 0.25) is 0 Å². The molecule has 6 heteroatoms. The van der Waals surface area contributed by atoms with Crippen LogP contribution in [0.1, 0.15) is 39.0 Å². The molecule has 0 heterocycles. The van der Waals surface area contributed by atoms with Gasteiger partial charge in [0.15, 0.2) is 0 Å². The van der Waals surface area contributed by atoms with Crippen molar-refractivity contribution in [2.24, 2.45) is 0 Å². The van der Waals surface area contributed by atoms with Crippen LogP contribution in [0.4, 0.5) is 0 Å². The Hall–Kier alpha value is -0.620. The van der Waals surface area contributed by atoms with E-state index in [1.165, 1.54) is 6.92 Å². The molecule has 0 aromatic heterocycles. The van der Waals surface area contributed by atoms with E-state index in [1.807, 2.05) is 0 Å². The first-order valence-corrected chi connectivity index (χ1v) is 7.19. The molecule has 1 saturated carbocycles. The van der Waals surface area contributed by atoms with Gasteiger partial charge < -0.3 is 4.74 Å². The van der Waals surface area contributed by atoms with Crippen LogP contribution in [0.25, 0.3) is 0 Å². The molecule has 0 spiro atoms. The molecule has 0 N–H and O–H groups in total. The first-order valence-electron chi connectivity index (χ1n) is 5.37. The maximum absolute atomic E-state index is 11.0. The minimum atomic E-state index is -3.49. The summed E-state index contributed by atoms with van der Waals surface area (Å²) in [5, 5.41) is 0. The first kappa shape index (κ1) is 13.4. The van der Waals surface area contributed by atoms with Crippen LogP contribution in [-0.2, 0) is 23.8 Å². The predicted molar refractivity (Wildman–Crippen MR) is 58.4 cm³/mol. The molecule has 94 valence electrons. The van der Waals surface area contributed by atoms with Gasteiger partial charge >= 0.3 is 5.97 Å². The van der Waals surface area contributed by atoms with Gasteiger partial charge in [-0.2, -0.15) is 8.42 Å². The lowest BCUT2D eigenvalue weighted by atomic mass is 9.85. The summed E-state index contributed by atoms with van der Waals surface area (Å²) >= 11 is 0. The molecule has 0 radical (unpaired) electrons. The smallest absolute Gasteiger partial charge is 0.303 e. The molecule has 5 nitrogen and oxygen atoms in total. The van der Waals surface area contributed by atoms with Gasteiger partial charge in [0.25, 0.3) is 10.1 Å². The molecule has 1 rings (SSSR count). The van der Waals surface area contributed by atoms with E-state index in [9.17, 15) is 13.2 Å². The molecule has 0 unspecified atom stereocenters. The number of ether oxygens (including phenoxy) is 1. The van der Waals surface area contributed by atoms with E-state index in [-0.39, 0.29) is 12.6 Å². The summed E-state index contributed by atoms with van der Waals surface area (Å²) in [6.07, 6.45) is 5.28. The minimum Gasteiger partial charge on any atom is -0.457 e. The number of rotatable bonds is 4. The predicted octanol–water partition coefficient (Wildman–Crippen LogP) is 1.23. The third-order valence-electron chi connectivity index (χ3n) is 2.66. The van der Waals surface area contributed by atoms with Crippen molar-refractivity contribution in [1.82, 2.24) is 0 Å². The zero-order chi connectivity index (χ0) is 12.2. The molecule has 1 fully saturated rings. The second-order valence-corrected chi connectivity index (χ2v) is 5.95. The third kappa shape index (κ3) is 4.49. The number of esters is 1. The van der Waals surface area contributed by atoms with E-state index in [0.29, 0.717) is 12.8 Å². The quantitative estimate of drug-likeness (QED) is 0.554. The van der Waals surface area contributed by atoms with Crippen LogP contribution in [-0.4, -0.2) is 32.9 Å². The minimum absolute atomic E-state index is 0.0641. The van der Waals surface area contributed by atoms with Crippen molar-refractivity contribution in [2.75, 3.05) is 12.9 Å². The summed E-state index contributed by atoms with van der Waals surface area (Å²) in [4.78, 5) is 11.0. The Labute approximate surface area is 96.2 Å². The Balaban J connectivity index is 2.66. The average molecular weight is 250 g/mol. The second kappa shape index (κ2) is 5.14. The fraction of sp³-hybridized carbons (Fsp3) is 0.900. The fourth-order valence-electron chi connectivity index (χ4n) is 1.99. The Bertz CT molecular complexity index is 340. The monoisotopic (exact) mass is 250 g/mol. The highest BCUT2D eigenvalue weighted by molar-refractivity contribution is 7.85. The average Bonchev–Trinajstić information content (AvgIpc) is 2.14. The Morgan fingerprint density at radius 1 is 1.25 bits per heavy atom. The number of carbonyl (C=O) groups is 1. The van der Waals surface area contributed by atoms with Crippen molar-refractivity contribution in [3.05, 3.63) is 0 Å². The van der Waals surface area contributed by atoms with Crippen LogP contribution in [0.5, 0.6) is 0 Å². The van der Waals surface area contributed by atoms with E-state index in [0.717, 1.165) is 25.5 Å². The van der Waals surface area contributed by atoms with Gasteiger partial charge in [-0.15, -0.1) is 0 Å². The van der Waals surface area contributed by atoms with Crippen molar-refractivity contribution in [2.45, 2.75) is 44.6 Å². The summed E-state index contributed by atoms with van der Waals surface area (Å²) in [5.74, 6) is -0.390. The van der Waals surface area contributed by atoms with Gasteiger partial charge in [-0.25, -0.2) is 0 Å². The van der Waals surface area contributed by atoms with Gasteiger partial charge in [-0.3, -0.25) is 8.98 Å². The van der Waals surface area contributed by atoms with Gasteiger partial charge in [0.05, 0.1) is 6.26 Å². The summed E-state index contributed by atoms with van der Waals surface area (Å²) in [7, 11) is -3.49. The molecule has 0 amide bonds. The molecule has 0 aromatic carbocycles. The van der Waals surface area contributed by atoms with E-state index in [1.54, 1.807) is 0 Å². The Morgan fingerprint density at radius 3 is 2.25 bits per heavy atom. The Kier molecular flexibility index (Phi) is 4.32. The fourth-order valence-corrected chi connectivity index (χ4v) is 2.42. The largest absolute Gasteiger partial charge is 0.457 e. The maximum atomic E-state index is 11.0. The lowest BCUT2D eigenvalue weighted by molar-refractivity contribution is -0.164. The van der Waals surface area contributed by atoms with Crippen molar-refractivity contribution in [1.29, 1.82) is 0 Å². The van der Waals surface area contributed by atoms with Crippen molar-refractivity contribution in [3.8, 4) is 0 Å². The standard InChI is InChI=1S/C10H18O5S/c1-9(11)15-10(6-4-3-5-7-10)8-14-16(2,12)13/h3-8H2,1-2H3. The Morgan fingerprint density at radius 2 is 1.81 bits per heavy atom. The second-order valence-electron chi connectivity index (χ2n) is 4.30. The van der Waals surface area contributed by atoms with E-state index in [2.05, 4.69) is 0 Å². The van der Waals surface area contributed by atoms with Crippen LogP contribution >= 0.6 is 0 Å². The molecule has 0 aromatic rings. The molecular weight excluding hydrogens is 232 g/mol. The highest BCUT2D eigenvalue weighted by Gasteiger charge is 2.36. The summed E-state index contributed by atoms with van der Waals surface area (Å²) in [6.45, 7) is 1.27. The molecule has 0 aliphatic heterocycles. The molecule has 0 saturated heterocycles. The topological polar surface area (TPSA) is 69.7 Å². The summed E-state index contributed by atoms with van der Waals surface area (Å²) in [6, 6.07) is 0. The zero-order valence-electron chi connectivity index (χ0n) is 9.69. The number of hydrogen-bond donors (Lipinski definition) is 0. The molecule has 1 aliphatic carbocycles. The lowest BCUT2D eigenvalue weighted by Crippen LogP contribution is -2.41. The van der Waals surface area contributed by atoms with Crippen molar-refractivity contribution < 1.29 is 22.1 Å². The van der Waals surface area contributed by atoms with Crippen LogP contribution in [0.15, 0.2) is 0 Å². The molecule has 16 heavy (non-hydrogen) atoms. The summed E-state index contributed by atoms with van der Waals surface area (Å²) in [5.41, 5.74) is -0.743. The van der Waals surface area contributed by atoms with Crippen molar-refractivity contribution >= 4 is 16.1 Å². The molecule has 1 aliphatic rings. The molecule has 0 atom stereocenters. The third-order valence-corrected chi connectivity index (χ3v) is 3.21.